The molecule has 6 heteroatoms. The number of hydrogen-bond acceptors (Lipinski definition) is 4. The molecule has 0 aromatic heterocycles. The molecule has 1 atom stereocenters. The van der Waals surface area contributed by atoms with Gasteiger partial charge in [0, 0.05) is 10.7 Å². The van der Waals surface area contributed by atoms with Gasteiger partial charge in [0.1, 0.15) is 12.6 Å². The number of ether oxygens (including phenoxy) is 1. The van der Waals surface area contributed by atoms with Crippen LogP contribution in [0.4, 0.5) is 4.79 Å². The Hall–Kier alpha value is -2.47. The standard InChI is InChI=1S/C23H25NO4S/c1-22(2)19(20(25)26)24(23(3,4)29-22)21(27)28-13-18-16-11-7-5-9-14(16)15-10-6-8-12-17(15)18/h5-12,18-19H,13H2,1-4H3,(H,25,26). The van der Waals surface area contributed by atoms with Gasteiger partial charge in [0.2, 0.25) is 0 Å². The van der Waals surface area contributed by atoms with E-state index >= 15 is 0 Å². The van der Waals surface area contributed by atoms with Crippen LogP contribution in [0.2, 0.25) is 0 Å². The number of carbonyl (C=O) groups excluding carboxylic acids is 1. The maximum absolute atomic E-state index is 13.1. The van der Waals surface area contributed by atoms with Gasteiger partial charge >= 0.3 is 12.1 Å². The molecule has 1 amide bonds. The zero-order chi connectivity index (χ0) is 21.0. The Kier molecular flexibility index (Phi) is 4.65. The van der Waals surface area contributed by atoms with Gasteiger partial charge in [-0.15, -0.1) is 11.8 Å². The van der Waals surface area contributed by atoms with Crippen LogP contribution >= 0.6 is 11.8 Å². The first-order valence-corrected chi connectivity index (χ1v) is 10.5. The summed E-state index contributed by atoms with van der Waals surface area (Å²) in [6, 6.07) is 15.3. The maximum Gasteiger partial charge on any atom is 0.411 e. The molecule has 0 radical (unpaired) electrons. The van der Waals surface area contributed by atoms with Gasteiger partial charge in [-0.1, -0.05) is 48.5 Å². The summed E-state index contributed by atoms with van der Waals surface area (Å²) in [6.45, 7) is 7.62. The zero-order valence-electron chi connectivity index (χ0n) is 17.0. The number of fused-ring (bicyclic) bond motifs is 3. The van der Waals surface area contributed by atoms with Crippen LogP contribution in [0.3, 0.4) is 0 Å². The van der Waals surface area contributed by atoms with E-state index in [1.165, 1.54) is 16.7 Å². The Morgan fingerprint density at radius 1 is 1.00 bits per heavy atom. The Labute approximate surface area is 175 Å². The largest absolute Gasteiger partial charge is 0.480 e. The monoisotopic (exact) mass is 411 g/mol. The number of carbonyl (C=O) groups is 2. The molecule has 0 bridgehead atoms. The van der Waals surface area contributed by atoms with Gasteiger partial charge in [0.05, 0.1) is 4.87 Å². The lowest BCUT2D eigenvalue weighted by Gasteiger charge is -2.33. The van der Waals surface area contributed by atoms with Crippen molar-refractivity contribution in [1.29, 1.82) is 0 Å². The first-order chi connectivity index (χ1) is 13.6. The number of nitrogens with zero attached hydrogens (tertiary/aromatic N) is 1. The van der Waals surface area contributed by atoms with E-state index in [1.807, 2.05) is 52.0 Å². The van der Waals surface area contributed by atoms with Gasteiger partial charge in [0.25, 0.3) is 0 Å². The number of thioether (sulfide) groups is 1. The fourth-order valence-corrected chi connectivity index (χ4v) is 6.65. The summed E-state index contributed by atoms with van der Waals surface area (Å²) in [7, 11) is 0. The van der Waals surface area contributed by atoms with Gasteiger partial charge in [-0.3, -0.25) is 4.90 Å². The molecule has 2 aliphatic rings. The van der Waals surface area contributed by atoms with E-state index < -0.39 is 27.7 Å². The minimum atomic E-state index is -1.01. The van der Waals surface area contributed by atoms with Gasteiger partial charge in [-0.05, 0) is 49.9 Å². The van der Waals surface area contributed by atoms with Crippen LogP contribution in [0, 0.1) is 0 Å². The van der Waals surface area contributed by atoms with Crippen LogP contribution in [0.5, 0.6) is 0 Å². The number of amides is 1. The minimum Gasteiger partial charge on any atom is -0.480 e. The predicted molar refractivity (Wildman–Crippen MR) is 114 cm³/mol. The highest BCUT2D eigenvalue weighted by molar-refractivity contribution is 8.02. The maximum atomic E-state index is 13.1. The van der Waals surface area contributed by atoms with E-state index in [9.17, 15) is 14.7 Å². The van der Waals surface area contributed by atoms with Crippen LogP contribution in [0.15, 0.2) is 48.5 Å². The predicted octanol–water partition coefficient (Wildman–Crippen LogP) is 4.95. The van der Waals surface area contributed by atoms with Crippen LogP contribution < -0.4 is 0 Å². The van der Waals surface area contributed by atoms with E-state index in [0.29, 0.717) is 0 Å². The molecule has 29 heavy (non-hydrogen) atoms. The summed E-state index contributed by atoms with van der Waals surface area (Å²) in [4.78, 5) is 25.7. The summed E-state index contributed by atoms with van der Waals surface area (Å²) in [5.41, 5.74) is 4.58. The number of carboxylic acid groups (broad SMARTS) is 1. The highest BCUT2D eigenvalue weighted by Gasteiger charge is 2.58. The molecule has 0 saturated carbocycles. The first-order valence-electron chi connectivity index (χ1n) is 9.71. The highest BCUT2D eigenvalue weighted by Crippen LogP contribution is 2.51. The molecule has 1 unspecified atom stereocenters. The number of carboxylic acids is 1. The normalized spacial score (nSPS) is 21.5. The molecule has 152 valence electrons. The van der Waals surface area contributed by atoms with E-state index in [2.05, 4.69) is 24.3 Å². The van der Waals surface area contributed by atoms with Crippen molar-refractivity contribution in [2.45, 2.75) is 49.3 Å². The summed E-state index contributed by atoms with van der Waals surface area (Å²) in [5, 5.41) is 9.78. The van der Waals surface area contributed by atoms with Crippen molar-refractivity contribution in [3.63, 3.8) is 0 Å². The molecule has 4 rings (SSSR count). The number of rotatable bonds is 3. The fraction of sp³-hybridized carbons (Fsp3) is 0.391. The summed E-state index contributed by atoms with van der Waals surface area (Å²) >= 11 is 1.48. The van der Waals surface area contributed by atoms with Gasteiger partial charge in [-0.25, -0.2) is 9.59 Å². The molecule has 1 aliphatic carbocycles. The zero-order valence-corrected chi connectivity index (χ0v) is 17.8. The topological polar surface area (TPSA) is 66.8 Å². The fourth-order valence-electron chi connectivity index (χ4n) is 4.77. The van der Waals surface area contributed by atoms with Crippen molar-refractivity contribution in [1.82, 2.24) is 4.90 Å². The quantitative estimate of drug-likeness (QED) is 0.774. The number of hydrogen-bond donors (Lipinski definition) is 1. The molecule has 2 aromatic rings. The molecule has 1 aliphatic heterocycles. The van der Waals surface area contributed by atoms with Crippen LogP contribution in [0.1, 0.15) is 44.7 Å². The molecule has 2 aromatic carbocycles. The number of benzene rings is 2. The molecule has 1 fully saturated rings. The summed E-state index contributed by atoms with van der Waals surface area (Å²) in [5.74, 6) is -1.07. The van der Waals surface area contributed by atoms with Gasteiger partial charge in [-0.2, -0.15) is 0 Å². The molecule has 1 heterocycles. The third-order valence-corrected chi connectivity index (χ3v) is 7.22. The molecule has 1 saturated heterocycles. The average molecular weight is 412 g/mol. The Morgan fingerprint density at radius 3 is 2.03 bits per heavy atom. The second-order valence-electron chi connectivity index (χ2n) is 8.57. The SMILES string of the molecule is CC1(C)SC(C)(C)N(C(=O)OCC2c3ccccc3-c3ccccc32)C1C(=O)O. The second kappa shape index (κ2) is 6.80. The third-order valence-electron chi connectivity index (χ3n) is 5.78. The van der Waals surface area contributed by atoms with Crippen molar-refractivity contribution in [2.75, 3.05) is 6.61 Å². The van der Waals surface area contributed by atoms with E-state index in [1.54, 1.807) is 0 Å². The Balaban J connectivity index is 1.60. The smallest absolute Gasteiger partial charge is 0.411 e. The van der Waals surface area contributed by atoms with Crippen molar-refractivity contribution >= 4 is 23.8 Å². The minimum absolute atomic E-state index is 0.0546. The van der Waals surface area contributed by atoms with Crippen molar-refractivity contribution in [2.24, 2.45) is 0 Å². The molecule has 0 spiro atoms. The number of aliphatic carboxylic acids is 1. The lowest BCUT2D eigenvalue weighted by atomic mass is 9.98. The van der Waals surface area contributed by atoms with Gasteiger partial charge < -0.3 is 9.84 Å². The highest BCUT2D eigenvalue weighted by atomic mass is 32.2. The molecular formula is C23H25NO4S. The molecule has 1 N–H and O–H groups in total. The molecular weight excluding hydrogens is 386 g/mol. The van der Waals surface area contributed by atoms with E-state index in [-0.39, 0.29) is 12.5 Å². The van der Waals surface area contributed by atoms with Crippen LogP contribution in [0.25, 0.3) is 11.1 Å². The first kappa shape index (κ1) is 19.8. The van der Waals surface area contributed by atoms with Crippen molar-refractivity contribution < 1.29 is 19.4 Å². The Bertz CT molecular complexity index is 939. The second-order valence-corrected chi connectivity index (χ2v) is 10.8. The van der Waals surface area contributed by atoms with Crippen LogP contribution in [-0.4, -0.2) is 44.3 Å². The van der Waals surface area contributed by atoms with Crippen molar-refractivity contribution in [3.05, 3.63) is 59.7 Å². The summed E-state index contributed by atoms with van der Waals surface area (Å²) in [6.07, 6.45) is -0.581. The van der Waals surface area contributed by atoms with E-state index in [4.69, 9.17) is 4.74 Å². The average Bonchev–Trinajstić information content (AvgIpc) is 3.07. The van der Waals surface area contributed by atoms with Gasteiger partial charge in [0.15, 0.2) is 0 Å². The Morgan fingerprint density at radius 2 is 1.52 bits per heavy atom. The third kappa shape index (κ3) is 3.19. The lowest BCUT2D eigenvalue weighted by Crippen LogP contribution is -2.53. The van der Waals surface area contributed by atoms with E-state index in [0.717, 1.165) is 22.3 Å². The molecule has 5 nitrogen and oxygen atoms in total. The summed E-state index contributed by atoms with van der Waals surface area (Å²) < 4.78 is 5.13. The lowest BCUT2D eigenvalue weighted by molar-refractivity contribution is -0.144. The van der Waals surface area contributed by atoms with Crippen molar-refractivity contribution in [3.8, 4) is 11.1 Å². The van der Waals surface area contributed by atoms with Crippen LogP contribution in [-0.2, 0) is 9.53 Å².